The molecule has 0 aromatic heterocycles. The molecule has 4 heteroatoms. The number of nitrogens with zero attached hydrogens (tertiary/aromatic N) is 1. The standard InChI is InChI=1S/C12H14N2S2/c1-8-4-9(2)11(10(3)5-8)6-16-12(15)14-7-13/h4-5H,6H2,1-3H3,(H,14,15). The van der Waals surface area contributed by atoms with Gasteiger partial charge in [-0.3, -0.25) is 5.32 Å². The van der Waals surface area contributed by atoms with E-state index in [1.807, 2.05) is 6.19 Å². The van der Waals surface area contributed by atoms with Crippen molar-refractivity contribution >= 4 is 28.3 Å². The lowest BCUT2D eigenvalue weighted by molar-refractivity contribution is 1.21. The van der Waals surface area contributed by atoms with Gasteiger partial charge in [-0.05, 0) is 37.5 Å². The molecule has 0 radical (unpaired) electrons. The molecule has 0 aliphatic carbocycles. The summed E-state index contributed by atoms with van der Waals surface area (Å²) in [5.41, 5.74) is 5.15. The summed E-state index contributed by atoms with van der Waals surface area (Å²) in [6.07, 6.45) is 1.83. The van der Waals surface area contributed by atoms with Gasteiger partial charge in [0.1, 0.15) is 4.32 Å². The van der Waals surface area contributed by atoms with Gasteiger partial charge in [0.15, 0.2) is 6.19 Å². The minimum atomic E-state index is 0.530. The molecule has 1 aromatic rings. The molecule has 84 valence electrons. The Balaban J connectivity index is 2.75. The molecule has 0 spiro atoms. The highest BCUT2D eigenvalue weighted by Crippen LogP contribution is 2.22. The molecule has 1 rings (SSSR count). The third-order valence-electron chi connectivity index (χ3n) is 2.35. The second kappa shape index (κ2) is 5.88. The van der Waals surface area contributed by atoms with E-state index in [0.717, 1.165) is 5.75 Å². The van der Waals surface area contributed by atoms with Gasteiger partial charge in [0.05, 0.1) is 0 Å². The summed E-state index contributed by atoms with van der Waals surface area (Å²) < 4.78 is 0.530. The zero-order chi connectivity index (χ0) is 12.1. The van der Waals surface area contributed by atoms with Crippen molar-refractivity contribution in [2.24, 2.45) is 0 Å². The zero-order valence-corrected chi connectivity index (χ0v) is 11.3. The van der Waals surface area contributed by atoms with Gasteiger partial charge in [0.2, 0.25) is 0 Å². The highest BCUT2D eigenvalue weighted by molar-refractivity contribution is 8.22. The maximum absolute atomic E-state index is 8.42. The Morgan fingerprint density at radius 2 is 1.94 bits per heavy atom. The Morgan fingerprint density at radius 3 is 2.44 bits per heavy atom. The Bertz CT molecular complexity index is 424. The molecule has 0 atom stereocenters. The Morgan fingerprint density at radius 1 is 1.38 bits per heavy atom. The minimum Gasteiger partial charge on any atom is -0.278 e. The van der Waals surface area contributed by atoms with Crippen LogP contribution < -0.4 is 5.32 Å². The van der Waals surface area contributed by atoms with E-state index in [0.29, 0.717) is 4.32 Å². The van der Waals surface area contributed by atoms with Crippen LogP contribution in [0.15, 0.2) is 12.1 Å². The van der Waals surface area contributed by atoms with E-state index in [4.69, 9.17) is 17.5 Å². The van der Waals surface area contributed by atoms with Gasteiger partial charge in [-0.1, -0.05) is 41.7 Å². The molecule has 0 unspecified atom stereocenters. The van der Waals surface area contributed by atoms with Crippen LogP contribution in [0.25, 0.3) is 0 Å². The summed E-state index contributed by atoms with van der Waals surface area (Å²) >= 11 is 6.48. The van der Waals surface area contributed by atoms with E-state index in [1.165, 1.54) is 34.0 Å². The molecule has 0 amide bonds. The van der Waals surface area contributed by atoms with Crippen LogP contribution in [0.2, 0.25) is 0 Å². The van der Waals surface area contributed by atoms with Gasteiger partial charge in [-0.15, -0.1) is 0 Å². The number of benzene rings is 1. The molecule has 0 fully saturated rings. The van der Waals surface area contributed by atoms with E-state index < -0.39 is 0 Å². The summed E-state index contributed by atoms with van der Waals surface area (Å²) in [6.45, 7) is 6.31. The van der Waals surface area contributed by atoms with Gasteiger partial charge in [0, 0.05) is 5.75 Å². The largest absolute Gasteiger partial charge is 0.278 e. The number of rotatable bonds is 2. The topological polar surface area (TPSA) is 35.8 Å². The first-order chi connectivity index (χ1) is 7.54. The average molecular weight is 250 g/mol. The number of aryl methyl sites for hydroxylation is 3. The summed E-state index contributed by atoms with van der Waals surface area (Å²) in [7, 11) is 0. The molecule has 0 aliphatic heterocycles. The maximum atomic E-state index is 8.42. The van der Waals surface area contributed by atoms with Crippen LogP contribution in [0.5, 0.6) is 0 Å². The fourth-order valence-electron chi connectivity index (χ4n) is 1.66. The summed E-state index contributed by atoms with van der Waals surface area (Å²) in [5.74, 6) is 0.811. The van der Waals surface area contributed by atoms with E-state index in [2.05, 4.69) is 38.2 Å². The second-order valence-corrected chi connectivity index (χ2v) is 5.34. The van der Waals surface area contributed by atoms with Crippen molar-refractivity contribution in [3.8, 4) is 6.19 Å². The van der Waals surface area contributed by atoms with Gasteiger partial charge in [0.25, 0.3) is 0 Å². The van der Waals surface area contributed by atoms with Crippen molar-refractivity contribution in [3.05, 3.63) is 34.4 Å². The van der Waals surface area contributed by atoms with Crippen molar-refractivity contribution in [3.63, 3.8) is 0 Å². The molecule has 0 aliphatic rings. The van der Waals surface area contributed by atoms with E-state index in [9.17, 15) is 0 Å². The normalized spacial score (nSPS) is 9.62. The molecule has 0 heterocycles. The third kappa shape index (κ3) is 3.51. The average Bonchev–Trinajstić information content (AvgIpc) is 2.16. The van der Waals surface area contributed by atoms with E-state index in [1.54, 1.807) is 0 Å². The maximum Gasteiger partial charge on any atom is 0.182 e. The Kier molecular flexibility index (Phi) is 4.78. The third-order valence-corrected chi connectivity index (χ3v) is 3.60. The van der Waals surface area contributed by atoms with Gasteiger partial charge in [-0.25, -0.2) is 0 Å². The fourth-order valence-corrected chi connectivity index (χ4v) is 2.73. The van der Waals surface area contributed by atoms with Gasteiger partial charge >= 0.3 is 0 Å². The van der Waals surface area contributed by atoms with Crippen LogP contribution in [-0.4, -0.2) is 4.32 Å². The van der Waals surface area contributed by atoms with E-state index in [-0.39, 0.29) is 0 Å². The number of thioether (sulfide) groups is 1. The Hall–Kier alpha value is -1.05. The van der Waals surface area contributed by atoms with Crippen molar-refractivity contribution in [1.29, 1.82) is 5.26 Å². The summed E-state index contributed by atoms with van der Waals surface area (Å²) in [6, 6.07) is 4.34. The summed E-state index contributed by atoms with van der Waals surface area (Å²) in [5, 5.41) is 10.9. The lowest BCUT2D eigenvalue weighted by Crippen LogP contribution is -2.10. The van der Waals surface area contributed by atoms with Crippen LogP contribution in [0.1, 0.15) is 22.3 Å². The predicted molar refractivity (Wildman–Crippen MR) is 73.3 cm³/mol. The second-order valence-electron chi connectivity index (χ2n) is 3.69. The first-order valence-corrected chi connectivity index (χ1v) is 6.32. The number of hydrogen-bond donors (Lipinski definition) is 1. The van der Waals surface area contributed by atoms with Crippen LogP contribution in [0.4, 0.5) is 0 Å². The lowest BCUT2D eigenvalue weighted by Gasteiger charge is -2.10. The quantitative estimate of drug-likeness (QED) is 0.497. The monoisotopic (exact) mass is 250 g/mol. The van der Waals surface area contributed by atoms with Crippen LogP contribution >= 0.6 is 24.0 Å². The SMILES string of the molecule is Cc1cc(C)c(CSC(=S)NC#N)c(C)c1. The van der Waals surface area contributed by atoms with Crippen LogP contribution in [0.3, 0.4) is 0 Å². The molecule has 0 saturated carbocycles. The molecule has 2 nitrogen and oxygen atoms in total. The fraction of sp³-hybridized carbons (Fsp3) is 0.333. The van der Waals surface area contributed by atoms with Crippen molar-refractivity contribution in [2.45, 2.75) is 26.5 Å². The van der Waals surface area contributed by atoms with Crippen molar-refractivity contribution < 1.29 is 0 Å². The molecular weight excluding hydrogens is 236 g/mol. The number of nitriles is 1. The first kappa shape index (κ1) is 13.0. The van der Waals surface area contributed by atoms with E-state index >= 15 is 0 Å². The minimum absolute atomic E-state index is 0.530. The zero-order valence-electron chi connectivity index (χ0n) is 9.63. The van der Waals surface area contributed by atoms with Crippen LogP contribution in [-0.2, 0) is 5.75 Å². The highest BCUT2D eigenvalue weighted by Gasteiger charge is 2.05. The smallest absolute Gasteiger partial charge is 0.182 e. The number of hydrogen-bond acceptors (Lipinski definition) is 3. The summed E-state index contributed by atoms with van der Waals surface area (Å²) in [4.78, 5) is 0. The predicted octanol–water partition coefficient (Wildman–Crippen LogP) is 3.20. The Labute approximate surface area is 106 Å². The highest BCUT2D eigenvalue weighted by atomic mass is 32.2. The van der Waals surface area contributed by atoms with Crippen molar-refractivity contribution in [1.82, 2.24) is 5.32 Å². The molecular formula is C12H14N2S2. The molecule has 1 aromatic carbocycles. The number of nitrogens with one attached hydrogen (secondary N) is 1. The number of thiocarbonyl (C=S) groups is 1. The first-order valence-electron chi connectivity index (χ1n) is 4.93. The molecule has 0 saturated heterocycles. The molecule has 0 bridgehead atoms. The molecule has 16 heavy (non-hydrogen) atoms. The van der Waals surface area contributed by atoms with Gasteiger partial charge in [-0.2, -0.15) is 5.26 Å². The lowest BCUT2D eigenvalue weighted by atomic mass is 10.0. The van der Waals surface area contributed by atoms with Crippen LogP contribution in [0, 0.1) is 32.2 Å². The molecule has 1 N–H and O–H groups in total. The van der Waals surface area contributed by atoms with Gasteiger partial charge < -0.3 is 0 Å². The van der Waals surface area contributed by atoms with Crippen molar-refractivity contribution in [2.75, 3.05) is 0 Å².